The van der Waals surface area contributed by atoms with Crippen molar-refractivity contribution in [1.82, 2.24) is 10.3 Å². The van der Waals surface area contributed by atoms with E-state index in [-0.39, 0.29) is 28.7 Å². The average Bonchev–Trinajstić information content (AvgIpc) is 2.26. The molecule has 18 heavy (non-hydrogen) atoms. The van der Waals surface area contributed by atoms with Crippen LogP contribution in [0.4, 0.5) is 13.2 Å². The zero-order chi connectivity index (χ0) is 13.8. The molecule has 0 bridgehead atoms. The number of halogens is 5. The second-order valence-corrected chi connectivity index (χ2v) is 4.24. The Kier molecular flexibility index (Phi) is 5.22. The van der Waals surface area contributed by atoms with Gasteiger partial charge >= 0.3 is 6.18 Å². The molecule has 0 aliphatic carbocycles. The summed E-state index contributed by atoms with van der Waals surface area (Å²) in [4.78, 5) is 15.2. The summed E-state index contributed by atoms with van der Waals surface area (Å²) < 4.78 is 35.5. The third-order valence-corrected chi connectivity index (χ3v) is 2.67. The van der Waals surface area contributed by atoms with Gasteiger partial charge in [-0.05, 0) is 12.5 Å². The third kappa shape index (κ3) is 5.10. The van der Waals surface area contributed by atoms with Gasteiger partial charge in [0.1, 0.15) is 5.15 Å². The minimum absolute atomic E-state index is 0.0605. The van der Waals surface area contributed by atoms with E-state index in [9.17, 15) is 18.0 Å². The van der Waals surface area contributed by atoms with Crippen molar-refractivity contribution < 1.29 is 18.0 Å². The summed E-state index contributed by atoms with van der Waals surface area (Å²) in [5.41, 5.74) is 0.149. The minimum Gasteiger partial charge on any atom is -0.352 e. The summed E-state index contributed by atoms with van der Waals surface area (Å²) in [5, 5.41) is 2.51. The maximum absolute atomic E-state index is 11.8. The number of nitrogens with one attached hydrogen (secondary N) is 1. The number of rotatable bonds is 4. The summed E-state index contributed by atoms with van der Waals surface area (Å²) in [7, 11) is 0. The first-order valence-corrected chi connectivity index (χ1v) is 5.71. The molecule has 100 valence electrons. The number of nitrogens with zero attached hydrogens (tertiary/aromatic N) is 1. The molecule has 0 saturated carbocycles. The highest BCUT2D eigenvalue weighted by Crippen LogP contribution is 2.21. The Hall–Kier alpha value is -1.01. The molecule has 3 nitrogen and oxygen atoms in total. The lowest BCUT2D eigenvalue weighted by Crippen LogP contribution is -2.25. The summed E-state index contributed by atoms with van der Waals surface area (Å²) >= 11 is 11.2. The van der Waals surface area contributed by atoms with Crippen LogP contribution in [0.5, 0.6) is 0 Å². The number of pyridine rings is 1. The molecule has 1 heterocycles. The van der Waals surface area contributed by atoms with E-state index in [1.54, 1.807) is 0 Å². The molecule has 1 aromatic rings. The van der Waals surface area contributed by atoms with Crippen molar-refractivity contribution in [2.75, 3.05) is 6.54 Å². The molecule has 0 spiro atoms. The Balaban J connectivity index is 2.43. The highest BCUT2D eigenvalue weighted by Gasteiger charge is 2.26. The molecule has 8 heteroatoms. The molecule has 0 atom stereocenters. The van der Waals surface area contributed by atoms with Crippen molar-refractivity contribution in [2.45, 2.75) is 19.0 Å². The van der Waals surface area contributed by atoms with E-state index in [0.717, 1.165) is 0 Å². The number of amides is 1. The van der Waals surface area contributed by atoms with E-state index in [0.29, 0.717) is 0 Å². The smallest absolute Gasteiger partial charge is 0.352 e. The Labute approximate surface area is 111 Å². The van der Waals surface area contributed by atoms with Crippen molar-refractivity contribution in [3.8, 4) is 0 Å². The second-order valence-electron chi connectivity index (χ2n) is 3.47. The van der Waals surface area contributed by atoms with E-state index in [4.69, 9.17) is 23.2 Å². The second kappa shape index (κ2) is 6.24. The van der Waals surface area contributed by atoms with Crippen LogP contribution >= 0.6 is 23.2 Å². The summed E-state index contributed by atoms with van der Waals surface area (Å²) in [6.45, 7) is -0.0708. The van der Waals surface area contributed by atoms with Crippen LogP contribution in [0.25, 0.3) is 0 Å². The minimum atomic E-state index is -4.21. The summed E-state index contributed by atoms with van der Waals surface area (Å²) in [6, 6.07) is 1.30. The van der Waals surface area contributed by atoms with Gasteiger partial charge in [0.05, 0.1) is 10.6 Å². The van der Waals surface area contributed by atoms with Crippen LogP contribution in [-0.2, 0) is 0 Å². The number of alkyl halides is 3. The molecule has 0 saturated heterocycles. The van der Waals surface area contributed by atoms with Crippen LogP contribution < -0.4 is 5.32 Å². The third-order valence-electron chi connectivity index (χ3n) is 1.98. The van der Waals surface area contributed by atoms with Crippen LogP contribution in [0.1, 0.15) is 23.2 Å². The van der Waals surface area contributed by atoms with Gasteiger partial charge in [-0.2, -0.15) is 13.2 Å². The number of hydrogen-bond donors (Lipinski definition) is 1. The first-order valence-electron chi connectivity index (χ1n) is 4.95. The quantitative estimate of drug-likeness (QED) is 0.683. The topological polar surface area (TPSA) is 42.0 Å². The van der Waals surface area contributed by atoms with Gasteiger partial charge in [-0.15, -0.1) is 0 Å². The molecule has 0 radical (unpaired) electrons. The van der Waals surface area contributed by atoms with Gasteiger partial charge in [0.15, 0.2) is 0 Å². The molecule has 0 aliphatic heterocycles. The average molecular weight is 301 g/mol. The first kappa shape index (κ1) is 15.0. The molecule has 0 aromatic carbocycles. The first-order chi connectivity index (χ1) is 8.29. The molecule has 0 aliphatic rings. The van der Waals surface area contributed by atoms with Crippen molar-refractivity contribution in [1.29, 1.82) is 0 Å². The van der Waals surface area contributed by atoms with Gasteiger partial charge in [-0.3, -0.25) is 4.79 Å². The largest absolute Gasteiger partial charge is 0.389 e. The summed E-state index contributed by atoms with van der Waals surface area (Å²) in [6.07, 6.45) is -4.12. The van der Waals surface area contributed by atoms with Crippen molar-refractivity contribution in [3.63, 3.8) is 0 Å². The normalized spacial score (nSPS) is 11.4. The Morgan fingerprint density at radius 2 is 2.06 bits per heavy atom. The van der Waals surface area contributed by atoms with E-state index in [1.165, 1.54) is 12.3 Å². The summed E-state index contributed by atoms with van der Waals surface area (Å²) in [5.74, 6) is -0.539. The molecular weight excluding hydrogens is 292 g/mol. The van der Waals surface area contributed by atoms with E-state index in [2.05, 4.69) is 10.3 Å². The maximum Gasteiger partial charge on any atom is 0.389 e. The fourth-order valence-electron chi connectivity index (χ4n) is 1.14. The van der Waals surface area contributed by atoms with E-state index >= 15 is 0 Å². The predicted molar refractivity (Wildman–Crippen MR) is 61.9 cm³/mol. The maximum atomic E-state index is 11.8. The highest BCUT2D eigenvalue weighted by atomic mass is 35.5. The number of hydrogen-bond acceptors (Lipinski definition) is 2. The van der Waals surface area contributed by atoms with Crippen LogP contribution in [0, 0.1) is 0 Å². The van der Waals surface area contributed by atoms with Crippen LogP contribution in [-0.4, -0.2) is 23.6 Å². The molecular formula is C10H9Cl2F3N2O. The SMILES string of the molecule is O=C(NCCCC(F)(F)F)c1cnc(Cl)c(Cl)c1. The molecule has 1 aromatic heterocycles. The zero-order valence-corrected chi connectivity index (χ0v) is 10.5. The van der Waals surface area contributed by atoms with Crippen LogP contribution in [0.3, 0.4) is 0 Å². The molecule has 1 rings (SSSR count). The number of carbonyl (C=O) groups is 1. The van der Waals surface area contributed by atoms with Gasteiger partial charge in [0.25, 0.3) is 5.91 Å². The van der Waals surface area contributed by atoms with E-state index in [1.807, 2.05) is 0 Å². The van der Waals surface area contributed by atoms with Crippen LogP contribution in [0.15, 0.2) is 12.3 Å². The van der Waals surface area contributed by atoms with Crippen molar-refractivity contribution >= 4 is 29.1 Å². The molecule has 0 fully saturated rings. The van der Waals surface area contributed by atoms with Gasteiger partial charge in [-0.1, -0.05) is 23.2 Å². The lowest BCUT2D eigenvalue weighted by atomic mass is 10.2. The number of aromatic nitrogens is 1. The van der Waals surface area contributed by atoms with Gasteiger partial charge in [0, 0.05) is 19.2 Å². The van der Waals surface area contributed by atoms with E-state index < -0.39 is 18.5 Å². The lowest BCUT2D eigenvalue weighted by Gasteiger charge is -2.07. The van der Waals surface area contributed by atoms with Crippen LogP contribution in [0.2, 0.25) is 10.2 Å². The fraction of sp³-hybridized carbons (Fsp3) is 0.400. The zero-order valence-electron chi connectivity index (χ0n) is 9.02. The van der Waals surface area contributed by atoms with Crippen molar-refractivity contribution in [2.24, 2.45) is 0 Å². The van der Waals surface area contributed by atoms with Gasteiger partial charge in [0.2, 0.25) is 0 Å². The number of carbonyl (C=O) groups excluding carboxylic acids is 1. The Morgan fingerprint density at radius 1 is 1.39 bits per heavy atom. The highest BCUT2D eigenvalue weighted by molar-refractivity contribution is 6.41. The molecule has 1 N–H and O–H groups in total. The Morgan fingerprint density at radius 3 is 2.61 bits per heavy atom. The predicted octanol–water partition coefficient (Wildman–Crippen LogP) is 3.46. The Bertz CT molecular complexity index is 438. The van der Waals surface area contributed by atoms with Crippen molar-refractivity contribution in [3.05, 3.63) is 28.0 Å². The van der Waals surface area contributed by atoms with Gasteiger partial charge < -0.3 is 5.32 Å². The molecule has 1 amide bonds. The fourth-order valence-corrected chi connectivity index (χ4v) is 1.41. The lowest BCUT2D eigenvalue weighted by molar-refractivity contribution is -0.135. The monoisotopic (exact) mass is 300 g/mol. The molecule has 0 unspecified atom stereocenters. The van der Waals surface area contributed by atoms with Gasteiger partial charge in [-0.25, -0.2) is 4.98 Å². The standard InChI is InChI=1S/C10H9Cl2F3N2O/c11-7-4-6(5-17-8(7)12)9(18)16-3-1-2-10(13,14)15/h4-5H,1-3H2,(H,16,18).